The van der Waals surface area contributed by atoms with Crippen LogP contribution in [0.15, 0.2) is 53.9 Å². The predicted molar refractivity (Wildman–Crippen MR) is 123 cm³/mol. The lowest BCUT2D eigenvalue weighted by Crippen LogP contribution is -2.49. The van der Waals surface area contributed by atoms with Crippen LogP contribution in [-0.2, 0) is 11.3 Å². The molecule has 0 spiro atoms. The highest BCUT2D eigenvalue weighted by molar-refractivity contribution is 7.13. The van der Waals surface area contributed by atoms with Gasteiger partial charge in [-0.3, -0.25) is 9.69 Å². The first-order valence-corrected chi connectivity index (χ1v) is 11.3. The number of carbonyl (C=O) groups excluding carboxylic acids is 1. The third-order valence-electron chi connectivity index (χ3n) is 5.17. The van der Waals surface area contributed by atoms with E-state index in [4.69, 9.17) is 26.1 Å². The number of benzene rings is 2. The van der Waals surface area contributed by atoms with Crippen molar-refractivity contribution in [2.24, 2.45) is 0 Å². The van der Waals surface area contributed by atoms with Crippen LogP contribution in [-0.4, -0.2) is 60.6 Å². The molecule has 0 radical (unpaired) electrons. The smallest absolute Gasteiger partial charge is 0.260 e. The predicted octanol–water partition coefficient (Wildman–Crippen LogP) is 4.20. The molecule has 2 aromatic carbocycles. The highest BCUT2D eigenvalue weighted by atomic mass is 35.5. The van der Waals surface area contributed by atoms with Gasteiger partial charge in [0.05, 0.1) is 12.8 Å². The minimum Gasteiger partial charge on any atom is -0.493 e. The summed E-state index contributed by atoms with van der Waals surface area (Å²) < 4.78 is 10.9. The van der Waals surface area contributed by atoms with Crippen LogP contribution < -0.4 is 9.47 Å². The number of para-hydroxylation sites is 2. The molecular weight excluding hydrogens is 434 g/mol. The van der Waals surface area contributed by atoms with Gasteiger partial charge in [-0.2, -0.15) is 0 Å². The van der Waals surface area contributed by atoms with E-state index in [1.165, 1.54) is 0 Å². The zero-order chi connectivity index (χ0) is 21.6. The quantitative estimate of drug-likeness (QED) is 0.532. The van der Waals surface area contributed by atoms with E-state index in [1.54, 1.807) is 24.5 Å². The number of methoxy groups -OCH3 is 1. The average Bonchev–Trinajstić information content (AvgIpc) is 3.27. The summed E-state index contributed by atoms with van der Waals surface area (Å²) in [6.45, 7) is 3.79. The number of amides is 1. The van der Waals surface area contributed by atoms with Crippen LogP contribution in [0, 0.1) is 0 Å². The second-order valence-corrected chi connectivity index (χ2v) is 8.54. The Bertz CT molecular complexity index is 1020. The van der Waals surface area contributed by atoms with Crippen molar-refractivity contribution in [3.05, 3.63) is 64.6 Å². The average molecular weight is 458 g/mol. The number of ether oxygens (including phenoxy) is 2. The SMILES string of the molecule is COc1ccccc1OCC(=O)N1CCN(Cc2csc(-c3ccc(Cl)cc3)n2)CC1. The molecule has 0 saturated carbocycles. The number of hydrogen-bond donors (Lipinski definition) is 0. The van der Waals surface area contributed by atoms with Crippen LogP contribution in [0.2, 0.25) is 5.02 Å². The molecule has 0 atom stereocenters. The van der Waals surface area contributed by atoms with Crippen molar-refractivity contribution < 1.29 is 14.3 Å². The van der Waals surface area contributed by atoms with Gasteiger partial charge >= 0.3 is 0 Å². The Morgan fingerprint density at radius 1 is 1.06 bits per heavy atom. The fourth-order valence-electron chi connectivity index (χ4n) is 3.46. The Morgan fingerprint density at radius 3 is 2.48 bits per heavy atom. The molecule has 1 fully saturated rings. The molecule has 0 unspecified atom stereocenters. The molecule has 0 N–H and O–H groups in total. The van der Waals surface area contributed by atoms with E-state index in [-0.39, 0.29) is 12.5 Å². The molecule has 3 aromatic rings. The molecule has 1 aliphatic heterocycles. The highest BCUT2D eigenvalue weighted by Gasteiger charge is 2.22. The Labute approximate surface area is 191 Å². The Balaban J connectivity index is 1.25. The number of hydrogen-bond acceptors (Lipinski definition) is 6. The van der Waals surface area contributed by atoms with Crippen molar-refractivity contribution >= 4 is 28.8 Å². The monoisotopic (exact) mass is 457 g/mol. The number of aromatic nitrogens is 1. The number of piperazine rings is 1. The zero-order valence-corrected chi connectivity index (χ0v) is 18.9. The van der Waals surface area contributed by atoms with Crippen LogP contribution in [0.5, 0.6) is 11.5 Å². The van der Waals surface area contributed by atoms with Gasteiger partial charge in [-0.1, -0.05) is 35.9 Å². The number of carbonyl (C=O) groups is 1. The molecule has 8 heteroatoms. The lowest BCUT2D eigenvalue weighted by molar-refractivity contribution is -0.135. The van der Waals surface area contributed by atoms with E-state index < -0.39 is 0 Å². The number of halogens is 1. The van der Waals surface area contributed by atoms with E-state index in [2.05, 4.69) is 10.3 Å². The summed E-state index contributed by atoms with van der Waals surface area (Å²) in [5, 5.41) is 3.82. The van der Waals surface area contributed by atoms with E-state index in [0.29, 0.717) is 24.6 Å². The second-order valence-electron chi connectivity index (χ2n) is 7.25. The summed E-state index contributed by atoms with van der Waals surface area (Å²) in [5.41, 5.74) is 2.13. The third-order valence-corrected chi connectivity index (χ3v) is 6.37. The van der Waals surface area contributed by atoms with Gasteiger partial charge in [0.15, 0.2) is 18.1 Å². The summed E-state index contributed by atoms with van der Waals surface area (Å²) in [6, 6.07) is 15.1. The van der Waals surface area contributed by atoms with Crippen molar-refractivity contribution in [1.29, 1.82) is 0 Å². The Morgan fingerprint density at radius 2 is 1.77 bits per heavy atom. The van der Waals surface area contributed by atoms with Gasteiger partial charge in [-0.05, 0) is 24.3 Å². The van der Waals surface area contributed by atoms with Gasteiger partial charge in [-0.15, -0.1) is 11.3 Å². The van der Waals surface area contributed by atoms with Crippen LogP contribution >= 0.6 is 22.9 Å². The fourth-order valence-corrected chi connectivity index (χ4v) is 4.40. The minimum absolute atomic E-state index is 0.00996. The maximum Gasteiger partial charge on any atom is 0.260 e. The van der Waals surface area contributed by atoms with Gasteiger partial charge in [0.2, 0.25) is 0 Å². The maximum absolute atomic E-state index is 12.5. The van der Waals surface area contributed by atoms with Crippen molar-refractivity contribution in [3.63, 3.8) is 0 Å². The van der Waals surface area contributed by atoms with Crippen molar-refractivity contribution in [1.82, 2.24) is 14.8 Å². The van der Waals surface area contributed by atoms with Gasteiger partial charge in [0, 0.05) is 48.7 Å². The van der Waals surface area contributed by atoms with E-state index in [9.17, 15) is 4.79 Å². The van der Waals surface area contributed by atoms with Gasteiger partial charge in [0.1, 0.15) is 5.01 Å². The van der Waals surface area contributed by atoms with E-state index in [1.807, 2.05) is 47.4 Å². The molecule has 1 aliphatic rings. The molecule has 1 amide bonds. The highest BCUT2D eigenvalue weighted by Crippen LogP contribution is 2.27. The molecule has 2 heterocycles. The van der Waals surface area contributed by atoms with Crippen LogP contribution in [0.3, 0.4) is 0 Å². The minimum atomic E-state index is -0.00996. The van der Waals surface area contributed by atoms with Crippen molar-refractivity contribution in [2.45, 2.75) is 6.54 Å². The first-order chi connectivity index (χ1) is 15.1. The lowest BCUT2D eigenvalue weighted by atomic mass is 10.2. The molecule has 0 aliphatic carbocycles. The first kappa shape index (κ1) is 21.6. The summed E-state index contributed by atoms with van der Waals surface area (Å²) in [7, 11) is 1.59. The maximum atomic E-state index is 12.5. The third kappa shape index (κ3) is 5.55. The van der Waals surface area contributed by atoms with E-state index >= 15 is 0 Å². The number of rotatable bonds is 7. The zero-order valence-electron chi connectivity index (χ0n) is 17.3. The number of nitrogens with zero attached hydrogens (tertiary/aromatic N) is 3. The molecule has 1 aromatic heterocycles. The van der Waals surface area contributed by atoms with Crippen LogP contribution in [0.4, 0.5) is 0 Å². The van der Waals surface area contributed by atoms with Crippen molar-refractivity contribution in [3.8, 4) is 22.1 Å². The summed E-state index contributed by atoms with van der Waals surface area (Å²) in [5.74, 6) is 1.20. The molecule has 31 heavy (non-hydrogen) atoms. The molecule has 4 rings (SSSR count). The van der Waals surface area contributed by atoms with Gasteiger partial charge in [0.25, 0.3) is 5.91 Å². The normalized spacial score (nSPS) is 14.5. The molecule has 162 valence electrons. The first-order valence-electron chi connectivity index (χ1n) is 10.1. The lowest BCUT2D eigenvalue weighted by Gasteiger charge is -2.34. The molecule has 0 bridgehead atoms. The van der Waals surface area contributed by atoms with Gasteiger partial charge < -0.3 is 14.4 Å². The van der Waals surface area contributed by atoms with Crippen LogP contribution in [0.25, 0.3) is 10.6 Å². The van der Waals surface area contributed by atoms with Crippen LogP contribution in [0.1, 0.15) is 5.69 Å². The largest absolute Gasteiger partial charge is 0.493 e. The van der Waals surface area contributed by atoms with Crippen molar-refractivity contribution in [2.75, 3.05) is 39.9 Å². The summed E-state index contributed by atoms with van der Waals surface area (Å²) in [6.07, 6.45) is 0. The number of thiazole rings is 1. The molecular formula is C23H24ClN3O3S. The Hall–Kier alpha value is -2.61. The Kier molecular flexibility index (Phi) is 7.06. The van der Waals surface area contributed by atoms with Gasteiger partial charge in [-0.25, -0.2) is 4.98 Å². The molecule has 1 saturated heterocycles. The summed E-state index contributed by atoms with van der Waals surface area (Å²) in [4.78, 5) is 21.5. The molecule has 6 nitrogen and oxygen atoms in total. The topological polar surface area (TPSA) is 54.9 Å². The summed E-state index contributed by atoms with van der Waals surface area (Å²) >= 11 is 7.60. The fraction of sp³-hybridized carbons (Fsp3) is 0.304. The second kappa shape index (κ2) is 10.1. The van der Waals surface area contributed by atoms with E-state index in [0.717, 1.165) is 40.9 Å². The standard InChI is InChI=1S/C23H24ClN3O3S/c1-29-20-4-2-3-5-21(20)30-15-22(28)27-12-10-26(11-13-27)14-19-16-31-23(25-19)17-6-8-18(24)9-7-17/h2-9,16H,10-15H2,1H3.